The van der Waals surface area contributed by atoms with Gasteiger partial charge in [0.1, 0.15) is 33.4 Å². The number of benzene rings is 2. The molecule has 3 aliphatic rings. The Bertz CT molecular complexity index is 1460. The van der Waals surface area contributed by atoms with E-state index in [0.29, 0.717) is 28.1 Å². The molecule has 2 aromatic heterocycles. The van der Waals surface area contributed by atoms with Crippen LogP contribution in [0.4, 0.5) is 4.39 Å². The van der Waals surface area contributed by atoms with E-state index < -0.39 is 5.60 Å². The lowest BCUT2D eigenvalue weighted by Crippen LogP contribution is -2.44. The number of hydrogen-bond donors (Lipinski definition) is 1. The van der Waals surface area contributed by atoms with Crippen LogP contribution in [0.1, 0.15) is 66.3 Å². The standard InChI is InChI=1S/C29H28ClFN2O3S/c1-15-4-2-5-21(30)24(15)25-20(27(36-33-25)16-8-9-16)14-35-19-12-17-10-11-18(13-19)29(17,34)28-32-26-22(31)6-3-7-23(26)37-28/h2-7,16-19,34H,8-14H2,1H3/t17-,18+,19-,29+. The van der Waals surface area contributed by atoms with E-state index in [2.05, 4.69) is 10.1 Å². The van der Waals surface area contributed by atoms with Gasteiger partial charge in [0.2, 0.25) is 0 Å². The Labute approximate surface area is 223 Å². The number of aromatic nitrogens is 2. The summed E-state index contributed by atoms with van der Waals surface area (Å²) in [7, 11) is 0. The van der Waals surface area contributed by atoms with Crippen molar-refractivity contribution in [3.05, 3.63) is 69.1 Å². The van der Waals surface area contributed by atoms with Crippen LogP contribution >= 0.6 is 22.9 Å². The van der Waals surface area contributed by atoms with Crippen LogP contribution in [0, 0.1) is 24.6 Å². The molecule has 0 spiro atoms. The zero-order valence-electron chi connectivity index (χ0n) is 20.5. The van der Waals surface area contributed by atoms with Gasteiger partial charge in [-0.3, -0.25) is 0 Å². The maximum absolute atomic E-state index is 14.3. The maximum Gasteiger partial charge on any atom is 0.150 e. The first-order valence-corrected chi connectivity index (χ1v) is 14.3. The molecule has 2 bridgehead atoms. The molecular formula is C29H28ClFN2O3S. The van der Waals surface area contributed by atoms with Crippen LogP contribution in [-0.2, 0) is 16.9 Å². The summed E-state index contributed by atoms with van der Waals surface area (Å²) < 4.78 is 27.5. The minimum absolute atomic E-state index is 0.0195. The first-order valence-electron chi connectivity index (χ1n) is 13.1. The molecule has 0 radical (unpaired) electrons. The van der Waals surface area contributed by atoms with Gasteiger partial charge in [-0.15, -0.1) is 11.3 Å². The highest BCUT2D eigenvalue weighted by atomic mass is 35.5. The molecule has 0 amide bonds. The van der Waals surface area contributed by atoms with E-state index >= 15 is 0 Å². The molecule has 3 saturated carbocycles. The lowest BCUT2D eigenvalue weighted by Gasteiger charge is -2.41. The monoisotopic (exact) mass is 538 g/mol. The van der Waals surface area contributed by atoms with Gasteiger partial charge in [-0.05, 0) is 81.0 Å². The van der Waals surface area contributed by atoms with Crippen LogP contribution in [0.5, 0.6) is 0 Å². The van der Waals surface area contributed by atoms with Crippen LogP contribution in [0.3, 0.4) is 0 Å². The van der Waals surface area contributed by atoms with Gasteiger partial charge >= 0.3 is 0 Å². The topological polar surface area (TPSA) is 68.4 Å². The number of hydrogen-bond acceptors (Lipinski definition) is 6. The number of rotatable bonds is 6. The number of aryl methyl sites for hydroxylation is 1. The summed E-state index contributed by atoms with van der Waals surface area (Å²) in [5.74, 6) is 1.06. The van der Waals surface area contributed by atoms with Gasteiger partial charge in [-0.2, -0.15) is 0 Å². The molecule has 0 unspecified atom stereocenters. The number of fused-ring (bicyclic) bond motifs is 3. The van der Waals surface area contributed by atoms with Crippen molar-refractivity contribution < 1.29 is 18.8 Å². The van der Waals surface area contributed by atoms with Crippen molar-refractivity contribution in [2.75, 3.05) is 0 Å². The summed E-state index contributed by atoms with van der Waals surface area (Å²) in [6.07, 6.45) is 5.56. The van der Waals surface area contributed by atoms with Crippen molar-refractivity contribution in [3.63, 3.8) is 0 Å². The average Bonchev–Trinajstić information content (AvgIpc) is 3.45. The number of para-hydroxylation sites is 1. The Morgan fingerprint density at radius 3 is 2.59 bits per heavy atom. The molecule has 3 fully saturated rings. The Hall–Kier alpha value is -2.32. The van der Waals surface area contributed by atoms with Crippen molar-refractivity contribution in [3.8, 4) is 11.3 Å². The molecule has 8 heteroatoms. The summed E-state index contributed by atoms with van der Waals surface area (Å²) >= 11 is 8.00. The predicted molar refractivity (Wildman–Crippen MR) is 141 cm³/mol. The molecule has 2 heterocycles. The molecule has 4 aromatic rings. The first-order chi connectivity index (χ1) is 17.9. The summed E-state index contributed by atoms with van der Waals surface area (Å²) in [6, 6.07) is 10.8. The summed E-state index contributed by atoms with van der Waals surface area (Å²) in [5, 5.41) is 17.7. The fourth-order valence-electron chi connectivity index (χ4n) is 6.53. The first kappa shape index (κ1) is 23.8. The van der Waals surface area contributed by atoms with Gasteiger partial charge in [-0.25, -0.2) is 9.37 Å². The fraction of sp³-hybridized carbons (Fsp3) is 0.448. The van der Waals surface area contributed by atoms with Crippen LogP contribution in [0.25, 0.3) is 21.5 Å². The molecule has 5 nitrogen and oxygen atoms in total. The van der Waals surface area contributed by atoms with Crippen molar-refractivity contribution >= 4 is 33.2 Å². The minimum Gasteiger partial charge on any atom is -0.382 e. The predicted octanol–water partition coefficient (Wildman–Crippen LogP) is 7.52. The molecule has 1 N–H and O–H groups in total. The average molecular weight is 539 g/mol. The Kier molecular flexibility index (Phi) is 5.70. The minimum atomic E-state index is -1.02. The van der Waals surface area contributed by atoms with Gasteiger partial charge < -0.3 is 14.4 Å². The van der Waals surface area contributed by atoms with E-state index in [4.69, 9.17) is 20.9 Å². The highest BCUT2D eigenvalue weighted by Crippen LogP contribution is 2.57. The Morgan fingerprint density at radius 2 is 1.89 bits per heavy atom. The second kappa shape index (κ2) is 8.87. The highest BCUT2D eigenvalue weighted by molar-refractivity contribution is 7.18. The lowest BCUT2D eigenvalue weighted by molar-refractivity contribution is -0.116. The molecule has 3 aliphatic carbocycles. The second-order valence-corrected chi connectivity index (χ2v) is 12.3. The molecule has 2 aromatic carbocycles. The third-order valence-corrected chi connectivity index (χ3v) is 10.1. The van der Waals surface area contributed by atoms with Crippen molar-refractivity contribution in [2.24, 2.45) is 11.8 Å². The summed E-state index contributed by atoms with van der Waals surface area (Å²) in [6.45, 7) is 2.44. The van der Waals surface area contributed by atoms with Crippen molar-refractivity contribution in [1.82, 2.24) is 10.1 Å². The number of aliphatic hydroxyl groups is 1. The molecule has 192 valence electrons. The van der Waals surface area contributed by atoms with Crippen LogP contribution in [-0.4, -0.2) is 21.4 Å². The van der Waals surface area contributed by atoms with Crippen molar-refractivity contribution in [1.29, 1.82) is 0 Å². The highest BCUT2D eigenvalue weighted by Gasteiger charge is 2.56. The summed E-state index contributed by atoms with van der Waals surface area (Å²) in [5.41, 5.74) is 3.06. The normalized spacial score (nSPS) is 27.3. The summed E-state index contributed by atoms with van der Waals surface area (Å²) in [4.78, 5) is 4.58. The van der Waals surface area contributed by atoms with Gasteiger partial charge in [0, 0.05) is 17.0 Å². The van der Waals surface area contributed by atoms with Crippen LogP contribution in [0.2, 0.25) is 5.02 Å². The Balaban J connectivity index is 1.14. The third kappa shape index (κ3) is 3.85. The number of thiazole rings is 1. The van der Waals surface area contributed by atoms with Crippen LogP contribution in [0.15, 0.2) is 40.9 Å². The van der Waals surface area contributed by atoms with E-state index in [-0.39, 0.29) is 23.8 Å². The third-order valence-electron chi connectivity index (χ3n) is 8.60. The maximum atomic E-state index is 14.3. The molecule has 37 heavy (non-hydrogen) atoms. The van der Waals surface area contributed by atoms with E-state index in [1.165, 1.54) is 17.4 Å². The van der Waals surface area contributed by atoms with E-state index in [0.717, 1.165) is 71.4 Å². The Morgan fingerprint density at radius 1 is 1.14 bits per heavy atom. The SMILES string of the molecule is Cc1cccc(Cl)c1-c1noc(C2CC2)c1CO[C@@H]1C[C@H]2CC[C@@H](C1)[C@]2(O)c1nc2c(F)cccc2s1. The largest absolute Gasteiger partial charge is 0.382 e. The molecular weight excluding hydrogens is 511 g/mol. The number of ether oxygens (including phenoxy) is 1. The van der Waals surface area contributed by atoms with Crippen molar-refractivity contribution in [2.45, 2.75) is 69.7 Å². The van der Waals surface area contributed by atoms with Crippen LogP contribution < -0.4 is 0 Å². The number of halogens is 2. The number of nitrogens with zero attached hydrogens (tertiary/aromatic N) is 2. The quantitative estimate of drug-likeness (QED) is 0.275. The van der Waals surface area contributed by atoms with Gasteiger partial charge in [0.25, 0.3) is 0 Å². The zero-order valence-corrected chi connectivity index (χ0v) is 22.1. The van der Waals surface area contributed by atoms with Gasteiger partial charge in [-0.1, -0.05) is 35.0 Å². The fourth-order valence-corrected chi connectivity index (χ4v) is 8.07. The van der Waals surface area contributed by atoms with Gasteiger partial charge in [0.15, 0.2) is 0 Å². The van der Waals surface area contributed by atoms with E-state index in [1.807, 2.05) is 31.2 Å². The van der Waals surface area contributed by atoms with E-state index in [1.54, 1.807) is 6.07 Å². The van der Waals surface area contributed by atoms with E-state index in [9.17, 15) is 9.50 Å². The molecule has 4 atom stereocenters. The molecule has 0 aliphatic heterocycles. The molecule has 0 saturated heterocycles. The lowest BCUT2D eigenvalue weighted by atomic mass is 9.73. The second-order valence-electron chi connectivity index (χ2n) is 10.9. The van der Waals surface area contributed by atoms with Gasteiger partial charge in [0.05, 0.1) is 22.4 Å². The molecule has 7 rings (SSSR count). The zero-order chi connectivity index (χ0) is 25.3. The smallest absolute Gasteiger partial charge is 0.150 e.